The van der Waals surface area contributed by atoms with Crippen molar-refractivity contribution in [3.8, 4) is 0 Å². The molecule has 21 heavy (non-hydrogen) atoms. The maximum absolute atomic E-state index is 12.2. The highest BCUT2D eigenvalue weighted by Crippen LogP contribution is 2.18. The molecule has 0 bridgehead atoms. The van der Waals surface area contributed by atoms with Gasteiger partial charge in [0.05, 0.1) is 17.9 Å². The molecular formula is C14H13BrN4OS. The van der Waals surface area contributed by atoms with Gasteiger partial charge in [0.15, 0.2) is 0 Å². The van der Waals surface area contributed by atoms with Crippen molar-refractivity contribution in [2.24, 2.45) is 0 Å². The lowest BCUT2D eigenvalue weighted by atomic mass is 10.2. The first-order valence-electron chi connectivity index (χ1n) is 6.40. The number of carbonyl (C=O) groups excluding carboxylic acids is 1. The molecule has 5 nitrogen and oxygen atoms in total. The van der Waals surface area contributed by atoms with E-state index in [1.54, 1.807) is 28.0 Å². The predicted octanol–water partition coefficient (Wildman–Crippen LogP) is 3.10. The second-order valence-corrected chi connectivity index (χ2v) is 6.73. The van der Waals surface area contributed by atoms with E-state index in [9.17, 15) is 4.79 Å². The molecule has 1 amide bonds. The zero-order valence-corrected chi connectivity index (χ0v) is 14.0. The number of nitrogens with one attached hydrogen (secondary N) is 1. The Morgan fingerprint density at radius 1 is 1.43 bits per heavy atom. The third-order valence-electron chi connectivity index (χ3n) is 3.10. The van der Waals surface area contributed by atoms with Crippen LogP contribution in [-0.2, 0) is 6.54 Å². The van der Waals surface area contributed by atoms with E-state index < -0.39 is 0 Å². The van der Waals surface area contributed by atoms with Gasteiger partial charge in [0.25, 0.3) is 5.91 Å². The lowest BCUT2D eigenvalue weighted by molar-refractivity contribution is 0.0950. The van der Waals surface area contributed by atoms with Gasteiger partial charge in [-0.1, -0.05) is 33.3 Å². The molecule has 0 aliphatic heterocycles. The van der Waals surface area contributed by atoms with E-state index in [1.807, 2.05) is 26.0 Å². The number of halogens is 1. The van der Waals surface area contributed by atoms with Gasteiger partial charge in [0, 0.05) is 10.0 Å². The van der Waals surface area contributed by atoms with Gasteiger partial charge >= 0.3 is 0 Å². The van der Waals surface area contributed by atoms with Crippen LogP contribution in [0.4, 0.5) is 0 Å². The molecule has 1 aromatic carbocycles. The van der Waals surface area contributed by atoms with E-state index in [4.69, 9.17) is 0 Å². The number of aromatic nitrogens is 3. The highest BCUT2D eigenvalue weighted by Gasteiger charge is 2.14. The molecule has 108 valence electrons. The van der Waals surface area contributed by atoms with Gasteiger partial charge < -0.3 is 5.32 Å². The molecule has 0 fully saturated rings. The summed E-state index contributed by atoms with van der Waals surface area (Å²) in [6.45, 7) is 4.28. The van der Waals surface area contributed by atoms with Crippen molar-refractivity contribution < 1.29 is 4.79 Å². The van der Waals surface area contributed by atoms with Crippen LogP contribution >= 0.6 is 27.3 Å². The van der Waals surface area contributed by atoms with E-state index in [1.165, 1.54) is 0 Å². The van der Waals surface area contributed by atoms with E-state index in [0.29, 0.717) is 12.1 Å². The molecule has 0 atom stereocenters. The van der Waals surface area contributed by atoms with Crippen LogP contribution in [0.15, 0.2) is 28.7 Å². The van der Waals surface area contributed by atoms with Crippen LogP contribution in [0.2, 0.25) is 0 Å². The molecule has 0 unspecified atom stereocenters. The number of rotatable bonds is 3. The number of hydrogen-bond acceptors (Lipinski definition) is 4. The molecule has 3 aromatic rings. The van der Waals surface area contributed by atoms with Crippen LogP contribution in [-0.4, -0.2) is 20.5 Å². The summed E-state index contributed by atoms with van der Waals surface area (Å²) in [4.78, 5) is 17.5. The van der Waals surface area contributed by atoms with Crippen molar-refractivity contribution in [3.05, 3.63) is 50.7 Å². The van der Waals surface area contributed by atoms with Crippen LogP contribution in [0, 0.1) is 13.8 Å². The Balaban J connectivity index is 1.80. The fourth-order valence-electron chi connectivity index (χ4n) is 2.09. The minimum Gasteiger partial charge on any atom is -0.346 e. The van der Waals surface area contributed by atoms with Crippen LogP contribution in [0.3, 0.4) is 0 Å². The maximum atomic E-state index is 12.2. The van der Waals surface area contributed by atoms with E-state index >= 15 is 0 Å². The Morgan fingerprint density at radius 3 is 3.00 bits per heavy atom. The number of amides is 1. The molecule has 0 aliphatic carbocycles. The minimum absolute atomic E-state index is 0.113. The average Bonchev–Trinajstić information content (AvgIpc) is 2.91. The number of hydrogen-bond donors (Lipinski definition) is 1. The zero-order chi connectivity index (χ0) is 15.0. The molecule has 2 aromatic heterocycles. The number of aryl methyl sites for hydroxylation is 2. The summed E-state index contributed by atoms with van der Waals surface area (Å²) in [5.41, 5.74) is 2.43. The number of carbonyl (C=O) groups is 1. The van der Waals surface area contributed by atoms with E-state index in [2.05, 4.69) is 31.3 Å². The van der Waals surface area contributed by atoms with Gasteiger partial charge in [-0.3, -0.25) is 4.79 Å². The van der Waals surface area contributed by atoms with E-state index in [0.717, 1.165) is 25.8 Å². The molecule has 0 saturated carbocycles. The van der Waals surface area contributed by atoms with Gasteiger partial charge in [0.2, 0.25) is 4.96 Å². The maximum Gasteiger partial charge on any atom is 0.251 e. The topological polar surface area (TPSA) is 59.3 Å². The third-order valence-corrected chi connectivity index (χ3v) is 4.42. The van der Waals surface area contributed by atoms with Gasteiger partial charge in [0.1, 0.15) is 5.01 Å². The van der Waals surface area contributed by atoms with Crippen LogP contribution in [0.5, 0.6) is 0 Å². The smallest absolute Gasteiger partial charge is 0.251 e. The van der Waals surface area contributed by atoms with Gasteiger partial charge in [-0.15, -0.1) is 0 Å². The summed E-state index contributed by atoms with van der Waals surface area (Å²) in [6.07, 6.45) is 0. The van der Waals surface area contributed by atoms with Crippen LogP contribution in [0.1, 0.15) is 26.8 Å². The quantitative estimate of drug-likeness (QED) is 0.776. The summed E-state index contributed by atoms with van der Waals surface area (Å²) < 4.78 is 2.68. The van der Waals surface area contributed by atoms with E-state index in [-0.39, 0.29) is 5.91 Å². The van der Waals surface area contributed by atoms with Gasteiger partial charge in [-0.05, 0) is 32.0 Å². The molecule has 0 aliphatic rings. The van der Waals surface area contributed by atoms with Gasteiger partial charge in [-0.25, -0.2) is 9.50 Å². The molecule has 0 radical (unpaired) electrons. The first-order valence-corrected chi connectivity index (χ1v) is 8.01. The Morgan fingerprint density at radius 2 is 2.24 bits per heavy atom. The fraction of sp³-hybridized carbons (Fsp3) is 0.214. The molecule has 0 spiro atoms. The first-order chi connectivity index (χ1) is 10.0. The second kappa shape index (κ2) is 5.57. The number of benzene rings is 1. The van der Waals surface area contributed by atoms with Crippen molar-refractivity contribution in [1.82, 2.24) is 19.9 Å². The zero-order valence-electron chi connectivity index (χ0n) is 11.6. The summed E-state index contributed by atoms with van der Waals surface area (Å²) in [6, 6.07) is 7.30. The van der Waals surface area contributed by atoms with Crippen molar-refractivity contribution in [2.45, 2.75) is 20.4 Å². The lowest BCUT2D eigenvalue weighted by Gasteiger charge is -2.05. The average molecular weight is 365 g/mol. The highest BCUT2D eigenvalue weighted by atomic mass is 79.9. The predicted molar refractivity (Wildman–Crippen MR) is 85.7 cm³/mol. The Bertz CT molecular complexity index is 824. The van der Waals surface area contributed by atoms with Crippen molar-refractivity contribution >= 4 is 38.1 Å². The Hall–Kier alpha value is -1.73. The normalized spacial score (nSPS) is 11.0. The summed E-state index contributed by atoms with van der Waals surface area (Å²) in [7, 11) is 0. The fourth-order valence-corrected chi connectivity index (χ4v) is 3.29. The van der Waals surface area contributed by atoms with Crippen molar-refractivity contribution in [3.63, 3.8) is 0 Å². The number of nitrogens with zero attached hydrogens (tertiary/aromatic N) is 3. The molecule has 1 N–H and O–H groups in total. The number of imidazole rings is 1. The van der Waals surface area contributed by atoms with Crippen LogP contribution < -0.4 is 5.32 Å². The molecule has 3 rings (SSSR count). The highest BCUT2D eigenvalue weighted by molar-refractivity contribution is 9.10. The van der Waals surface area contributed by atoms with Crippen molar-refractivity contribution in [2.75, 3.05) is 0 Å². The molecule has 7 heteroatoms. The molecular weight excluding hydrogens is 352 g/mol. The number of fused-ring (bicyclic) bond motifs is 1. The lowest BCUT2D eigenvalue weighted by Crippen LogP contribution is -2.24. The Labute approximate surface area is 134 Å². The van der Waals surface area contributed by atoms with Gasteiger partial charge in [-0.2, -0.15) is 5.10 Å². The minimum atomic E-state index is -0.113. The first kappa shape index (κ1) is 14.2. The van der Waals surface area contributed by atoms with Crippen molar-refractivity contribution in [1.29, 1.82) is 0 Å². The third kappa shape index (κ3) is 2.84. The molecule has 2 heterocycles. The monoisotopic (exact) mass is 364 g/mol. The standard InChI is InChI=1S/C14H13BrN4OS/c1-8-12(19-14(17-8)21-9(2)18-19)7-16-13(20)10-4-3-5-11(15)6-10/h3-6H,7H2,1-2H3,(H,16,20). The molecule has 0 saturated heterocycles. The summed E-state index contributed by atoms with van der Waals surface area (Å²) in [5.74, 6) is -0.113. The largest absolute Gasteiger partial charge is 0.346 e. The summed E-state index contributed by atoms with van der Waals surface area (Å²) >= 11 is 4.91. The van der Waals surface area contributed by atoms with Crippen LogP contribution in [0.25, 0.3) is 4.96 Å². The Kier molecular flexibility index (Phi) is 3.77. The summed E-state index contributed by atoms with van der Waals surface area (Å²) in [5, 5.41) is 8.28. The SMILES string of the molecule is Cc1nn2c(CNC(=O)c3cccc(Br)c3)c(C)nc2s1. The second-order valence-electron chi connectivity index (χ2n) is 4.65.